The van der Waals surface area contributed by atoms with Gasteiger partial charge in [-0.3, -0.25) is 9.78 Å². The van der Waals surface area contributed by atoms with Crippen LogP contribution < -0.4 is 0 Å². The summed E-state index contributed by atoms with van der Waals surface area (Å²) in [5, 5.41) is 8.97. The van der Waals surface area contributed by atoms with E-state index in [-0.39, 0.29) is 17.0 Å². The second-order valence-corrected chi connectivity index (χ2v) is 13.3. The Labute approximate surface area is 163 Å². The molecule has 148 valence electrons. The first-order valence-electron chi connectivity index (χ1n) is 9.51. The van der Waals surface area contributed by atoms with Crippen molar-refractivity contribution < 1.29 is 14.0 Å². The van der Waals surface area contributed by atoms with E-state index in [0.717, 1.165) is 0 Å². The van der Waals surface area contributed by atoms with Crippen LogP contribution in [0.15, 0.2) is 18.3 Å². The summed E-state index contributed by atoms with van der Waals surface area (Å²) in [5.74, 6) is -0.0526. The summed E-state index contributed by atoms with van der Waals surface area (Å²) >= 11 is 0. The van der Waals surface area contributed by atoms with Crippen LogP contribution in [-0.4, -0.2) is 56.5 Å². The normalized spacial score (nSPS) is 18.2. The summed E-state index contributed by atoms with van der Waals surface area (Å²) in [6.45, 7) is 13.1. The molecular formula is C20H31N3O3Si. The van der Waals surface area contributed by atoms with Gasteiger partial charge in [-0.2, -0.15) is 5.26 Å². The third kappa shape index (κ3) is 5.38. The van der Waals surface area contributed by atoms with Gasteiger partial charge in [0.05, 0.1) is 43.2 Å². The number of hydrogen-bond donors (Lipinski definition) is 0. The van der Waals surface area contributed by atoms with Crippen molar-refractivity contribution >= 4 is 14.2 Å². The van der Waals surface area contributed by atoms with Crippen molar-refractivity contribution in [1.82, 2.24) is 9.88 Å². The zero-order valence-corrected chi connectivity index (χ0v) is 18.1. The molecule has 0 spiro atoms. The van der Waals surface area contributed by atoms with Crippen molar-refractivity contribution in [2.45, 2.75) is 57.8 Å². The van der Waals surface area contributed by atoms with Gasteiger partial charge in [0.1, 0.15) is 0 Å². The van der Waals surface area contributed by atoms with E-state index in [4.69, 9.17) is 14.4 Å². The number of rotatable bonds is 6. The van der Waals surface area contributed by atoms with Gasteiger partial charge >= 0.3 is 0 Å². The van der Waals surface area contributed by atoms with Crippen LogP contribution in [0.2, 0.25) is 18.1 Å². The first-order valence-corrected chi connectivity index (χ1v) is 12.4. The summed E-state index contributed by atoms with van der Waals surface area (Å²) in [6.07, 6.45) is 2.49. The Morgan fingerprint density at radius 1 is 1.48 bits per heavy atom. The monoisotopic (exact) mass is 389 g/mol. The molecule has 0 N–H and O–H groups in total. The zero-order chi connectivity index (χ0) is 20.1. The number of carbonyl (C=O) groups is 1. The largest absolute Gasteiger partial charge is 0.415 e. The van der Waals surface area contributed by atoms with Gasteiger partial charge < -0.3 is 14.1 Å². The van der Waals surface area contributed by atoms with Crippen LogP contribution >= 0.6 is 0 Å². The Hall–Kier alpha value is -1.75. The van der Waals surface area contributed by atoms with E-state index in [1.54, 1.807) is 18.3 Å². The van der Waals surface area contributed by atoms with Crippen molar-refractivity contribution in [1.29, 1.82) is 5.26 Å². The van der Waals surface area contributed by atoms with E-state index in [2.05, 4.69) is 44.9 Å². The van der Waals surface area contributed by atoms with Crippen LogP contribution in [0, 0.1) is 11.3 Å². The second kappa shape index (κ2) is 8.96. The molecule has 1 aliphatic rings. The van der Waals surface area contributed by atoms with Crippen LogP contribution in [0.25, 0.3) is 0 Å². The van der Waals surface area contributed by atoms with Gasteiger partial charge in [0.15, 0.2) is 8.32 Å². The lowest BCUT2D eigenvalue weighted by molar-refractivity contribution is -0.0167. The molecule has 0 aliphatic carbocycles. The van der Waals surface area contributed by atoms with Crippen LogP contribution in [-0.2, 0) is 15.6 Å². The molecule has 0 bridgehead atoms. The fourth-order valence-electron chi connectivity index (χ4n) is 2.74. The summed E-state index contributed by atoms with van der Waals surface area (Å²) in [7, 11) is -1.90. The molecule has 2 heterocycles. The second-order valence-electron chi connectivity index (χ2n) is 8.45. The van der Waals surface area contributed by atoms with Gasteiger partial charge in [0, 0.05) is 25.6 Å². The maximum Gasteiger partial charge on any atom is 0.256 e. The molecule has 0 radical (unpaired) electrons. The van der Waals surface area contributed by atoms with Gasteiger partial charge in [-0.05, 0) is 30.3 Å². The maximum absolute atomic E-state index is 13.2. The predicted octanol–water partition coefficient (Wildman–Crippen LogP) is 3.40. The first-order chi connectivity index (χ1) is 12.7. The molecule has 1 atom stereocenters. The molecule has 0 unspecified atom stereocenters. The molecule has 1 aliphatic heterocycles. The molecule has 0 saturated carbocycles. The summed E-state index contributed by atoms with van der Waals surface area (Å²) in [4.78, 5) is 19.4. The smallest absolute Gasteiger partial charge is 0.256 e. The van der Waals surface area contributed by atoms with Gasteiger partial charge in [0.2, 0.25) is 0 Å². The number of aromatic nitrogens is 1. The Morgan fingerprint density at radius 3 is 2.89 bits per heavy atom. The zero-order valence-electron chi connectivity index (χ0n) is 17.1. The minimum Gasteiger partial charge on any atom is -0.415 e. The van der Waals surface area contributed by atoms with E-state index in [1.807, 2.05) is 4.90 Å². The standard InChI is InChI=1S/C20H31N3O3Si/c1-20(2,3)27(4,5)26-15-16-14-25-13-12-23(16)19(24)17-8-7-11-22-18(17)9-6-10-21/h7-8,11,16H,6,9,12-15H2,1-5H3/t16-/m0/s1. The summed E-state index contributed by atoms with van der Waals surface area (Å²) in [6, 6.07) is 5.58. The Balaban J connectivity index is 2.15. The Bertz CT molecular complexity index is 694. The van der Waals surface area contributed by atoms with Crippen molar-refractivity contribution in [2.24, 2.45) is 0 Å². The number of pyridine rings is 1. The highest BCUT2D eigenvalue weighted by Crippen LogP contribution is 2.36. The highest BCUT2D eigenvalue weighted by Gasteiger charge is 2.39. The molecule has 2 rings (SSSR count). The molecular weight excluding hydrogens is 358 g/mol. The third-order valence-electron chi connectivity index (χ3n) is 5.53. The van der Waals surface area contributed by atoms with Gasteiger partial charge in [-0.1, -0.05) is 20.8 Å². The van der Waals surface area contributed by atoms with Gasteiger partial charge in [-0.25, -0.2) is 0 Å². The van der Waals surface area contributed by atoms with Gasteiger partial charge in [-0.15, -0.1) is 0 Å². The third-order valence-corrected chi connectivity index (χ3v) is 10.0. The quantitative estimate of drug-likeness (QED) is 0.697. The molecule has 0 aromatic carbocycles. The Kier molecular flexibility index (Phi) is 7.15. The maximum atomic E-state index is 13.2. The van der Waals surface area contributed by atoms with E-state index in [0.29, 0.717) is 50.5 Å². The fraction of sp³-hybridized carbons (Fsp3) is 0.650. The van der Waals surface area contributed by atoms with Crippen molar-refractivity contribution in [3.8, 4) is 6.07 Å². The molecule has 7 heteroatoms. The molecule has 1 saturated heterocycles. The molecule has 27 heavy (non-hydrogen) atoms. The van der Waals surface area contributed by atoms with Gasteiger partial charge in [0.25, 0.3) is 5.91 Å². The fourth-order valence-corrected chi connectivity index (χ4v) is 3.78. The highest BCUT2D eigenvalue weighted by molar-refractivity contribution is 6.74. The number of aryl methyl sites for hydroxylation is 1. The number of morpholine rings is 1. The molecule has 1 aromatic rings. The van der Waals surface area contributed by atoms with Crippen molar-refractivity contribution in [3.05, 3.63) is 29.6 Å². The first kappa shape index (κ1) is 21.5. The van der Waals surface area contributed by atoms with E-state index < -0.39 is 8.32 Å². The van der Waals surface area contributed by atoms with E-state index in [1.165, 1.54) is 0 Å². The number of nitrogens with zero attached hydrogens (tertiary/aromatic N) is 3. The van der Waals surface area contributed by atoms with Crippen molar-refractivity contribution in [3.63, 3.8) is 0 Å². The lowest BCUT2D eigenvalue weighted by atomic mass is 10.1. The van der Waals surface area contributed by atoms with Crippen LogP contribution in [0.3, 0.4) is 0 Å². The molecule has 6 nitrogen and oxygen atoms in total. The number of carbonyl (C=O) groups excluding carboxylic acids is 1. The van der Waals surface area contributed by atoms with E-state index in [9.17, 15) is 4.79 Å². The molecule has 1 aromatic heterocycles. The lowest BCUT2D eigenvalue weighted by Gasteiger charge is -2.41. The van der Waals surface area contributed by atoms with Crippen molar-refractivity contribution in [2.75, 3.05) is 26.4 Å². The van der Waals surface area contributed by atoms with E-state index >= 15 is 0 Å². The molecule has 1 fully saturated rings. The minimum absolute atomic E-state index is 0.0526. The number of amides is 1. The summed E-state index contributed by atoms with van der Waals surface area (Å²) < 4.78 is 12.0. The topological polar surface area (TPSA) is 75.5 Å². The average Bonchev–Trinajstić information content (AvgIpc) is 2.64. The predicted molar refractivity (Wildman–Crippen MR) is 107 cm³/mol. The number of nitriles is 1. The van der Waals surface area contributed by atoms with Crippen LogP contribution in [0.1, 0.15) is 43.2 Å². The minimum atomic E-state index is -1.90. The lowest BCUT2D eigenvalue weighted by Crippen LogP contribution is -2.53. The number of ether oxygens (including phenoxy) is 1. The highest BCUT2D eigenvalue weighted by atomic mass is 28.4. The average molecular weight is 390 g/mol. The SMILES string of the molecule is CC(C)(C)[Si](C)(C)OC[C@@H]1COCCN1C(=O)c1cccnc1CCC#N. The van der Waals surface area contributed by atoms with Crippen LogP contribution in [0.5, 0.6) is 0 Å². The van der Waals surface area contributed by atoms with Crippen LogP contribution in [0.4, 0.5) is 0 Å². The number of hydrogen-bond acceptors (Lipinski definition) is 5. The Morgan fingerprint density at radius 2 is 2.22 bits per heavy atom. The summed E-state index contributed by atoms with van der Waals surface area (Å²) in [5.41, 5.74) is 1.26. The molecule has 1 amide bonds.